The summed E-state index contributed by atoms with van der Waals surface area (Å²) < 4.78 is 6.78. The van der Waals surface area contributed by atoms with E-state index in [2.05, 4.69) is 4.98 Å². The van der Waals surface area contributed by atoms with Gasteiger partial charge in [0.15, 0.2) is 0 Å². The van der Waals surface area contributed by atoms with E-state index in [1.54, 1.807) is 18.7 Å². The maximum Gasteiger partial charge on any atom is 0.222 e. The van der Waals surface area contributed by atoms with Crippen molar-refractivity contribution in [3.63, 3.8) is 0 Å². The summed E-state index contributed by atoms with van der Waals surface area (Å²) in [5, 5.41) is 8.50. The first kappa shape index (κ1) is 8.74. The minimum absolute atomic E-state index is 0.252. The molecule has 0 radical (unpaired) electrons. The molecular formula is C10H11N3O. The van der Waals surface area contributed by atoms with E-state index in [0.29, 0.717) is 0 Å². The predicted molar refractivity (Wildman–Crippen MR) is 53.1 cm³/mol. The third-order valence-electron chi connectivity index (χ3n) is 2.13. The molecule has 1 heterocycles. The Bertz CT molecular complexity index is 530. The summed E-state index contributed by atoms with van der Waals surface area (Å²) in [6.07, 6.45) is 1.87. The van der Waals surface area contributed by atoms with Crippen LogP contribution < -0.4 is 10.4 Å². The smallest absolute Gasteiger partial charge is 0.222 e. The van der Waals surface area contributed by atoms with Crippen molar-refractivity contribution in [2.45, 2.75) is 0 Å². The Kier molecular flexibility index (Phi) is 1.96. The Labute approximate surface area is 81.3 Å². The highest BCUT2D eigenvalue weighted by atomic mass is 16.5. The normalized spacial score (nSPS) is 10.4. The molecule has 0 saturated heterocycles. The second kappa shape index (κ2) is 3.14. The second-order valence-electron chi connectivity index (χ2n) is 3.10. The monoisotopic (exact) mass is 189 g/mol. The SMILES string of the molecule is COc1ccc2nc(=N)n(C)cc2c1. The Morgan fingerprint density at radius 1 is 1.43 bits per heavy atom. The number of nitrogens with zero attached hydrogens (tertiary/aromatic N) is 2. The summed E-state index contributed by atoms with van der Waals surface area (Å²) in [5.41, 5.74) is 1.07. The highest BCUT2D eigenvalue weighted by Gasteiger charge is 1.98. The summed E-state index contributed by atoms with van der Waals surface area (Å²) in [4.78, 5) is 4.12. The van der Waals surface area contributed by atoms with Gasteiger partial charge in [0.2, 0.25) is 5.62 Å². The molecule has 0 amide bonds. The van der Waals surface area contributed by atoms with Gasteiger partial charge in [-0.25, -0.2) is 4.98 Å². The van der Waals surface area contributed by atoms with Gasteiger partial charge in [0.25, 0.3) is 0 Å². The quantitative estimate of drug-likeness (QED) is 0.729. The molecule has 0 atom stereocenters. The summed E-state index contributed by atoms with van der Waals surface area (Å²) in [6.45, 7) is 0. The van der Waals surface area contributed by atoms with Crippen LogP contribution in [0.5, 0.6) is 5.75 Å². The van der Waals surface area contributed by atoms with Gasteiger partial charge < -0.3 is 9.30 Å². The molecule has 1 N–H and O–H groups in total. The van der Waals surface area contributed by atoms with Crippen molar-refractivity contribution in [3.8, 4) is 5.75 Å². The van der Waals surface area contributed by atoms with Gasteiger partial charge in [-0.2, -0.15) is 0 Å². The lowest BCUT2D eigenvalue weighted by Crippen LogP contribution is -2.19. The molecule has 2 aromatic rings. The zero-order valence-corrected chi connectivity index (χ0v) is 8.11. The Morgan fingerprint density at radius 3 is 2.93 bits per heavy atom. The van der Waals surface area contributed by atoms with Gasteiger partial charge in [0, 0.05) is 18.6 Å². The molecule has 0 fully saturated rings. The molecule has 0 bridgehead atoms. The van der Waals surface area contributed by atoms with Crippen molar-refractivity contribution >= 4 is 10.9 Å². The van der Waals surface area contributed by atoms with E-state index in [-0.39, 0.29) is 5.62 Å². The largest absolute Gasteiger partial charge is 0.497 e. The summed E-state index contributed by atoms with van der Waals surface area (Å²) >= 11 is 0. The molecule has 0 aliphatic rings. The van der Waals surface area contributed by atoms with E-state index in [1.165, 1.54) is 0 Å². The average molecular weight is 189 g/mol. The van der Waals surface area contributed by atoms with Crippen LogP contribution in [0.3, 0.4) is 0 Å². The maximum atomic E-state index is 7.52. The molecule has 2 rings (SSSR count). The number of nitrogens with one attached hydrogen (secondary N) is 1. The van der Waals surface area contributed by atoms with Crippen LogP contribution in [0.4, 0.5) is 0 Å². The van der Waals surface area contributed by atoms with Crippen molar-refractivity contribution in [1.29, 1.82) is 5.41 Å². The maximum absolute atomic E-state index is 7.52. The molecule has 4 nitrogen and oxygen atoms in total. The minimum atomic E-state index is 0.252. The number of hydrogen-bond acceptors (Lipinski definition) is 3. The number of ether oxygens (including phenoxy) is 1. The standard InChI is InChI=1S/C10H11N3O/c1-13-6-7-5-8(14-2)3-4-9(7)12-10(13)11/h3-6,11H,1-2H3. The minimum Gasteiger partial charge on any atom is -0.497 e. The fourth-order valence-corrected chi connectivity index (χ4v) is 1.33. The predicted octanol–water partition coefficient (Wildman–Crippen LogP) is 1.06. The number of aryl methyl sites for hydroxylation is 1. The first-order valence-corrected chi connectivity index (χ1v) is 4.27. The van der Waals surface area contributed by atoms with E-state index in [0.717, 1.165) is 16.7 Å². The number of fused-ring (bicyclic) bond motifs is 1. The molecule has 0 unspecified atom stereocenters. The zero-order valence-electron chi connectivity index (χ0n) is 8.11. The summed E-state index contributed by atoms with van der Waals surface area (Å²) in [5.74, 6) is 0.803. The molecule has 72 valence electrons. The molecule has 1 aromatic heterocycles. The lowest BCUT2D eigenvalue weighted by atomic mass is 10.2. The van der Waals surface area contributed by atoms with Crippen LogP contribution in [-0.2, 0) is 7.05 Å². The van der Waals surface area contributed by atoms with Crippen LogP contribution in [0.1, 0.15) is 0 Å². The van der Waals surface area contributed by atoms with Crippen molar-refractivity contribution < 1.29 is 4.74 Å². The third kappa shape index (κ3) is 1.35. The lowest BCUT2D eigenvalue weighted by molar-refractivity contribution is 0.415. The second-order valence-corrected chi connectivity index (χ2v) is 3.10. The Hall–Kier alpha value is -1.84. The number of rotatable bonds is 1. The van der Waals surface area contributed by atoms with Crippen LogP contribution in [0.15, 0.2) is 24.4 Å². The Balaban J connectivity index is 2.77. The highest BCUT2D eigenvalue weighted by Crippen LogP contribution is 2.17. The van der Waals surface area contributed by atoms with E-state index in [9.17, 15) is 0 Å². The van der Waals surface area contributed by atoms with Gasteiger partial charge in [0.05, 0.1) is 12.6 Å². The van der Waals surface area contributed by atoms with E-state index < -0.39 is 0 Å². The first-order valence-electron chi connectivity index (χ1n) is 4.27. The highest BCUT2D eigenvalue weighted by molar-refractivity contribution is 5.78. The van der Waals surface area contributed by atoms with Crippen molar-refractivity contribution in [3.05, 3.63) is 30.0 Å². The molecule has 0 aliphatic carbocycles. The van der Waals surface area contributed by atoms with Gasteiger partial charge >= 0.3 is 0 Å². The third-order valence-corrected chi connectivity index (χ3v) is 2.13. The zero-order chi connectivity index (χ0) is 10.1. The number of methoxy groups -OCH3 is 1. The van der Waals surface area contributed by atoms with Gasteiger partial charge in [-0.1, -0.05) is 0 Å². The number of benzene rings is 1. The molecule has 4 heteroatoms. The fourth-order valence-electron chi connectivity index (χ4n) is 1.33. The van der Waals surface area contributed by atoms with Crippen LogP contribution in [0, 0.1) is 5.41 Å². The summed E-state index contributed by atoms with van der Waals surface area (Å²) in [6, 6.07) is 5.60. The van der Waals surface area contributed by atoms with Crippen molar-refractivity contribution in [2.24, 2.45) is 7.05 Å². The van der Waals surface area contributed by atoms with E-state index in [4.69, 9.17) is 10.1 Å². The molecule has 0 spiro atoms. The van der Waals surface area contributed by atoms with Crippen LogP contribution in [0.25, 0.3) is 10.9 Å². The van der Waals surface area contributed by atoms with Gasteiger partial charge in [-0.05, 0) is 18.2 Å². The Morgan fingerprint density at radius 2 is 2.21 bits per heavy atom. The lowest BCUT2D eigenvalue weighted by Gasteiger charge is -2.03. The molecule has 1 aromatic carbocycles. The van der Waals surface area contributed by atoms with Gasteiger partial charge in [0.1, 0.15) is 5.75 Å². The van der Waals surface area contributed by atoms with Crippen LogP contribution >= 0.6 is 0 Å². The van der Waals surface area contributed by atoms with E-state index >= 15 is 0 Å². The number of hydrogen-bond donors (Lipinski definition) is 1. The molecular weight excluding hydrogens is 178 g/mol. The molecule has 14 heavy (non-hydrogen) atoms. The summed E-state index contributed by atoms with van der Waals surface area (Å²) in [7, 11) is 3.43. The first-order chi connectivity index (χ1) is 6.70. The van der Waals surface area contributed by atoms with Gasteiger partial charge in [-0.3, -0.25) is 5.41 Å². The van der Waals surface area contributed by atoms with Crippen molar-refractivity contribution in [2.75, 3.05) is 7.11 Å². The van der Waals surface area contributed by atoms with Gasteiger partial charge in [-0.15, -0.1) is 0 Å². The molecule has 0 aliphatic heterocycles. The number of aromatic nitrogens is 2. The topological polar surface area (TPSA) is 50.9 Å². The molecule has 0 saturated carbocycles. The van der Waals surface area contributed by atoms with E-state index in [1.807, 2.05) is 24.4 Å². The van der Waals surface area contributed by atoms with Crippen LogP contribution in [-0.4, -0.2) is 16.7 Å². The van der Waals surface area contributed by atoms with Crippen LogP contribution in [0.2, 0.25) is 0 Å². The average Bonchev–Trinajstić information content (AvgIpc) is 2.19. The fraction of sp³-hybridized carbons (Fsp3) is 0.200. The van der Waals surface area contributed by atoms with Crippen molar-refractivity contribution in [1.82, 2.24) is 9.55 Å².